The molecule has 0 saturated carbocycles. The number of hydrogen-bond donors (Lipinski definition) is 1. The summed E-state index contributed by atoms with van der Waals surface area (Å²) >= 11 is 0. The van der Waals surface area contributed by atoms with Crippen LogP contribution in [0.15, 0.2) is 30.3 Å². The Morgan fingerprint density at radius 3 is 2.46 bits per heavy atom. The minimum Gasteiger partial charge on any atom is -0.474 e. The van der Waals surface area contributed by atoms with Gasteiger partial charge in [0.2, 0.25) is 11.8 Å². The first-order chi connectivity index (χ1) is 21.8. The van der Waals surface area contributed by atoms with E-state index in [-0.39, 0.29) is 61.7 Å². The van der Waals surface area contributed by atoms with Gasteiger partial charge in [0, 0.05) is 44.3 Å². The van der Waals surface area contributed by atoms with Crippen LogP contribution in [0, 0.1) is 5.82 Å². The summed E-state index contributed by atoms with van der Waals surface area (Å²) in [6.45, 7) is 15.5. The van der Waals surface area contributed by atoms with Crippen molar-refractivity contribution in [2.75, 3.05) is 57.4 Å². The number of benzene rings is 1. The van der Waals surface area contributed by atoms with E-state index in [1.807, 2.05) is 40.7 Å². The second-order valence-electron chi connectivity index (χ2n) is 13.8. The number of piperazine rings is 1. The number of aromatic nitrogens is 1. The van der Waals surface area contributed by atoms with E-state index in [2.05, 4.69) is 21.7 Å². The van der Waals surface area contributed by atoms with E-state index in [1.54, 1.807) is 21.9 Å². The Morgan fingerprint density at radius 2 is 1.78 bits per heavy atom. The molecule has 3 aliphatic rings. The average Bonchev–Trinajstić information content (AvgIpc) is 2.99. The van der Waals surface area contributed by atoms with Gasteiger partial charge in [0.15, 0.2) is 0 Å². The molecule has 0 aliphatic carbocycles. The standard InChI is InChI=1S/C34H48FN5O6/c1-22-15-38(28(16-37-11-12-44-20-23(37)2)17-39(22)33(43)46-34(4,5)6)18-31(42)40-24(3)21-45-32-30(40)14-26(29(19-41)36-32)13-25-7-9-27(35)10-8-25/h7-10,14,22-24,28,41H,11-13,15-21H2,1-6H3/t22-,23-,24+,28+/m1/s1. The Bertz CT molecular complexity index is 1390. The van der Waals surface area contributed by atoms with Crippen LogP contribution >= 0.6 is 0 Å². The maximum absolute atomic E-state index is 14.3. The zero-order valence-corrected chi connectivity index (χ0v) is 27.9. The van der Waals surface area contributed by atoms with E-state index >= 15 is 0 Å². The van der Waals surface area contributed by atoms with Crippen LogP contribution in [0.4, 0.5) is 14.9 Å². The minimum atomic E-state index is -0.614. The number of carbonyl (C=O) groups excluding carboxylic acids is 2. The number of fused-ring (bicyclic) bond motifs is 1. The van der Waals surface area contributed by atoms with Gasteiger partial charge >= 0.3 is 6.09 Å². The predicted octanol–water partition coefficient (Wildman–Crippen LogP) is 3.45. The number of morpholine rings is 1. The summed E-state index contributed by atoms with van der Waals surface area (Å²) < 4.78 is 30.9. The van der Waals surface area contributed by atoms with Gasteiger partial charge < -0.3 is 29.1 Å². The van der Waals surface area contributed by atoms with Crippen LogP contribution in [0.2, 0.25) is 0 Å². The Kier molecular flexibility index (Phi) is 10.5. The number of halogens is 1. The second kappa shape index (κ2) is 14.2. The average molecular weight is 642 g/mol. The second-order valence-corrected chi connectivity index (χ2v) is 13.8. The molecule has 3 aliphatic heterocycles. The number of ether oxygens (including phenoxy) is 3. The summed E-state index contributed by atoms with van der Waals surface area (Å²) in [7, 11) is 0. The van der Waals surface area contributed by atoms with E-state index < -0.39 is 5.60 Å². The third-order valence-corrected chi connectivity index (χ3v) is 8.90. The molecular formula is C34H48FN5O6. The van der Waals surface area contributed by atoms with E-state index in [4.69, 9.17) is 14.2 Å². The van der Waals surface area contributed by atoms with Gasteiger partial charge in [0.1, 0.15) is 23.7 Å². The molecule has 252 valence electrons. The maximum Gasteiger partial charge on any atom is 0.410 e. The number of pyridine rings is 1. The van der Waals surface area contributed by atoms with E-state index in [1.165, 1.54) is 12.1 Å². The molecule has 0 radical (unpaired) electrons. The van der Waals surface area contributed by atoms with Gasteiger partial charge in [-0.2, -0.15) is 0 Å². The minimum absolute atomic E-state index is 0.0960. The molecule has 2 aromatic rings. The summed E-state index contributed by atoms with van der Waals surface area (Å²) in [6.07, 6.45) is 0.0674. The molecule has 5 rings (SSSR count). The molecule has 4 atom stereocenters. The third kappa shape index (κ3) is 7.96. The van der Waals surface area contributed by atoms with Gasteiger partial charge in [0.25, 0.3) is 0 Å². The molecule has 2 saturated heterocycles. The fourth-order valence-corrected chi connectivity index (χ4v) is 6.45. The monoisotopic (exact) mass is 641 g/mol. The molecule has 2 amide bonds. The van der Waals surface area contributed by atoms with Gasteiger partial charge in [0.05, 0.1) is 38.1 Å². The molecule has 12 heteroatoms. The number of nitrogens with zero attached hydrogens (tertiary/aromatic N) is 5. The van der Waals surface area contributed by atoms with Crippen LogP contribution in [0.3, 0.4) is 0 Å². The van der Waals surface area contributed by atoms with Crippen LogP contribution in [0.5, 0.6) is 5.88 Å². The smallest absolute Gasteiger partial charge is 0.410 e. The Balaban J connectivity index is 1.40. The number of aliphatic hydroxyl groups is 1. The number of hydrogen-bond acceptors (Lipinski definition) is 9. The molecule has 11 nitrogen and oxygen atoms in total. The predicted molar refractivity (Wildman–Crippen MR) is 171 cm³/mol. The summed E-state index contributed by atoms with van der Waals surface area (Å²) in [6, 6.07) is 7.77. The number of anilines is 1. The number of aliphatic hydroxyl groups excluding tert-OH is 1. The van der Waals surface area contributed by atoms with Crippen molar-refractivity contribution in [2.45, 2.75) is 84.3 Å². The van der Waals surface area contributed by atoms with Crippen molar-refractivity contribution in [3.63, 3.8) is 0 Å². The molecule has 0 bridgehead atoms. The van der Waals surface area contributed by atoms with Crippen LogP contribution in [0.1, 0.15) is 58.4 Å². The Labute approximate surface area is 271 Å². The first-order valence-corrected chi connectivity index (χ1v) is 16.2. The number of carbonyl (C=O) groups is 2. The molecule has 1 aromatic carbocycles. The van der Waals surface area contributed by atoms with Crippen LogP contribution in [-0.2, 0) is 27.3 Å². The molecule has 46 heavy (non-hydrogen) atoms. The van der Waals surface area contributed by atoms with Crippen molar-refractivity contribution in [3.8, 4) is 5.88 Å². The maximum atomic E-state index is 14.3. The van der Waals surface area contributed by atoms with Crippen LogP contribution < -0.4 is 9.64 Å². The van der Waals surface area contributed by atoms with Crippen molar-refractivity contribution in [3.05, 3.63) is 53.0 Å². The highest BCUT2D eigenvalue weighted by Gasteiger charge is 2.40. The molecule has 0 spiro atoms. The molecule has 4 heterocycles. The summed E-state index contributed by atoms with van der Waals surface area (Å²) in [5.41, 5.74) is 1.99. The quantitative estimate of drug-likeness (QED) is 0.487. The van der Waals surface area contributed by atoms with Crippen LogP contribution in [-0.4, -0.2) is 119 Å². The van der Waals surface area contributed by atoms with E-state index in [0.29, 0.717) is 56.5 Å². The van der Waals surface area contributed by atoms with Gasteiger partial charge in [-0.3, -0.25) is 14.6 Å². The normalized spacial score (nSPS) is 24.3. The lowest BCUT2D eigenvalue weighted by Gasteiger charge is -2.48. The third-order valence-electron chi connectivity index (χ3n) is 8.90. The van der Waals surface area contributed by atoms with Gasteiger partial charge in [-0.05, 0) is 77.3 Å². The van der Waals surface area contributed by atoms with E-state index in [0.717, 1.165) is 17.7 Å². The van der Waals surface area contributed by atoms with Crippen LogP contribution in [0.25, 0.3) is 0 Å². The van der Waals surface area contributed by atoms with Crippen molar-refractivity contribution >= 4 is 17.7 Å². The first-order valence-electron chi connectivity index (χ1n) is 16.2. The SMILES string of the molecule is C[C@@H]1COCCN1C[C@H]1CN(C(=O)OC(C)(C)C)[C@H](C)CN1CC(=O)N1c2cc(Cc3ccc(F)cc3)c(CO)nc2OC[C@@H]1C. The van der Waals surface area contributed by atoms with Gasteiger partial charge in [-0.1, -0.05) is 12.1 Å². The summed E-state index contributed by atoms with van der Waals surface area (Å²) in [5.74, 6) is -0.113. The highest BCUT2D eigenvalue weighted by molar-refractivity contribution is 5.97. The molecule has 1 N–H and O–H groups in total. The van der Waals surface area contributed by atoms with Crippen molar-refractivity contribution in [2.24, 2.45) is 0 Å². The fraction of sp³-hybridized carbons (Fsp3) is 0.618. The zero-order chi connectivity index (χ0) is 33.2. The van der Waals surface area contributed by atoms with Crippen molar-refractivity contribution < 1.29 is 33.3 Å². The Morgan fingerprint density at radius 1 is 1.04 bits per heavy atom. The number of amides is 2. The lowest BCUT2D eigenvalue weighted by atomic mass is 10.0. The van der Waals surface area contributed by atoms with Gasteiger partial charge in [-0.15, -0.1) is 0 Å². The summed E-state index contributed by atoms with van der Waals surface area (Å²) in [4.78, 5) is 40.2. The number of rotatable bonds is 7. The molecule has 0 unspecified atom stereocenters. The van der Waals surface area contributed by atoms with Crippen molar-refractivity contribution in [1.82, 2.24) is 19.7 Å². The zero-order valence-electron chi connectivity index (χ0n) is 27.9. The molecule has 2 fully saturated rings. The Hall–Kier alpha value is -3.32. The highest BCUT2D eigenvalue weighted by Crippen LogP contribution is 2.35. The largest absolute Gasteiger partial charge is 0.474 e. The lowest BCUT2D eigenvalue weighted by molar-refractivity contribution is -0.122. The molecular weight excluding hydrogens is 593 g/mol. The molecule has 1 aromatic heterocycles. The highest BCUT2D eigenvalue weighted by atomic mass is 19.1. The lowest BCUT2D eigenvalue weighted by Crippen LogP contribution is -2.64. The first kappa shape index (κ1) is 34.0. The van der Waals surface area contributed by atoms with E-state index in [9.17, 15) is 19.1 Å². The van der Waals surface area contributed by atoms with Gasteiger partial charge in [-0.25, -0.2) is 14.2 Å². The van der Waals surface area contributed by atoms with Crippen molar-refractivity contribution in [1.29, 1.82) is 0 Å². The fourth-order valence-electron chi connectivity index (χ4n) is 6.45. The summed E-state index contributed by atoms with van der Waals surface area (Å²) in [5, 5.41) is 10.1. The topological polar surface area (TPSA) is 108 Å².